The Morgan fingerprint density at radius 1 is 1.44 bits per heavy atom. The second-order valence-electron chi connectivity index (χ2n) is 4.76. The second kappa shape index (κ2) is 7.46. The lowest BCUT2D eigenvalue weighted by molar-refractivity contribution is 0.0225. The third-order valence-electron chi connectivity index (χ3n) is 3.17. The Hall–Kier alpha value is -0.130. The van der Waals surface area contributed by atoms with Gasteiger partial charge in [0.05, 0.1) is 17.0 Å². The highest BCUT2D eigenvalue weighted by atomic mass is 35.5. The van der Waals surface area contributed by atoms with E-state index in [0.717, 1.165) is 50.0 Å². The SMILES string of the molecule is CN(CCOC1CCNCC1)Cc1ccc(Cl)s1. The molecule has 1 aromatic heterocycles. The highest BCUT2D eigenvalue weighted by Crippen LogP contribution is 2.22. The van der Waals surface area contributed by atoms with Gasteiger partial charge in [-0.15, -0.1) is 11.3 Å². The normalized spacial score (nSPS) is 17.5. The summed E-state index contributed by atoms with van der Waals surface area (Å²) in [4.78, 5) is 3.59. The lowest BCUT2D eigenvalue weighted by Gasteiger charge is -2.24. The number of rotatable bonds is 6. The molecule has 1 aliphatic heterocycles. The standard InChI is InChI=1S/C13H21ClN2OS/c1-16(10-12-2-3-13(14)18-12)8-9-17-11-4-6-15-7-5-11/h2-3,11,15H,4-10H2,1H3. The number of halogens is 1. The van der Waals surface area contributed by atoms with Crippen molar-refractivity contribution in [3.8, 4) is 0 Å². The molecule has 0 radical (unpaired) electrons. The predicted octanol–water partition coefficient (Wildman–Crippen LogP) is 2.60. The molecule has 0 amide bonds. The zero-order valence-corrected chi connectivity index (χ0v) is 12.4. The van der Waals surface area contributed by atoms with Gasteiger partial charge in [-0.05, 0) is 45.1 Å². The van der Waals surface area contributed by atoms with Gasteiger partial charge in [0.1, 0.15) is 0 Å². The molecule has 2 heterocycles. The molecule has 1 aromatic rings. The summed E-state index contributed by atoms with van der Waals surface area (Å²) in [5.41, 5.74) is 0. The first kappa shape index (κ1) is 14.3. The predicted molar refractivity (Wildman–Crippen MR) is 77.5 cm³/mol. The number of likely N-dealkylation sites (N-methyl/N-ethyl adjacent to an activating group) is 1. The zero-order valence-electron chi connectivity index (χ0n) is 10.8. The van der Waals surface area contributed by atoms with Gasteiger partial charge in [-0.1, -0.05) is 11.6 Å². The molecular weight excluding hydrogens is 268 g/mol. The van der Waals surface area contributed by atoms with E-state index in [0.29, 0.717) is 6.10 Å². The molecule has 1 aliphatic rings. The van der Waals surface area contributed by atoms with E-state index in [1.54, 1.807) is 11.3 Å². The van der Waals surface area contributed by atoms with Crippen LogP contribution in [-0.4, -0.2) is 44.3 Å². The maximum Gasteiger partial charge on any atom is 0.0931 e. The van der Waals surface area contributed by atoms with Gasteiger partial charge < -0.3 is 10.1 Å². The maximum absolute atomic E-state index is 5.92. The molecule has 1 saturated heterocycles. The Bertz CT molecular complexity index is 353. The van der Waals surface area contributed by atoms with Crippen molar-refractivity contribution in [1.82, 2.24) is 10.2 Å². The lowest BCUT2D eigenvalue weighted by atomic mass is 10.1. The quantitative estimate of drug-likeness (QED) is 0.871. The van der Waals surface area contributed by atoms with E-state index in [9.17, 15) is 0 Å². The molecule has 0 saturated carbocycles. The van der Waals surface area contributed by atoms with Crippen LogP contribution in [0.5, 0.6) is 0 Å². The fourth-order valence-corrected chi connectivity index (χ4v) is 3.29. The monoisotopic (exact) mass is 288 g/mol. The number of ether oxygens (including phenoxy) is 1. The van der Waals surface area contributed by atoms with Gasteiger partial charge in [0.25, 0.3) is 0 Å². The number of nitrogens with zero attached hydrogens (tertiary/aromatic N) is 1. The summed E-state index contributed by atoms with van der Waals surface area (Å²) in [6, 6.07) is 4.05. The fraction of sp³-hybridized carbons (Fsp3) is 0.692. The molecular formula is C13H21ClN2OS. The Morgan fingerprint density at radius 3 is 2.89 bits per heavy atom. The highest BCUT2D eigenvalue weighted by Gasteiger charge is 2.13. The molecule has 0 spiro atoms. The minimum absolute atomic E-state index is 0.454. The molecule has 1 fully saturated rings. The first-order chi connectivity index (χ1) is 8.74. The van der Waals surface area contributed by atoms with Crippen molar-refractivity contribution in [3.05, 3.63) is 21.3 Å². The average Bonchev–Trinajstić information content (AvgIpc) is 2.76. The summed E-state index contributed by atoms with van der Waals surface area (Å²) in [6.45, 7) is 4.93. The van der Waals surface area contributed by atoms with Crippen molar-refractivity contribution < 1.29 is 4.74 Å². The molecule has 0 aliphatic carbocycles. The minimum Gasteiger partial charge on any atom is -0.377 e. The summed E-state index contributed by atoms with van der Waals surface area (Å²) in [5, 5.41) is 3.35. The van der Waals surface area contributed by atoms with Crippen LogP contribution in [0.3, 0.4) is 0 Å². The van der Waals surface area contributed by atoms with Crippen LogP contribution in [0.4, 0.5) is 0 Å². The van der Waals surface area contributed by atoms with E-state index in [1.807, 2.05) is 6.07 Å². The maximum atomic E-state index is 5.92. The molecule has 5 heteroatoms. The van der Waals surface area contributed by atoms with Gasteiger partial charge in [-0.2, -0.15) is 0 Å². The van der Waals surface area contributed by atoms with Gasteiger partial charge in [0.15, 0.2) is 0 Å². The van der Waals surface area contributed by atoms with E-state index in [2.05, 4.69) is 23.3 Å². The number of hydrogen-bond acceptors (Lipinski definition) is 4. The van der Waals surface area contributed by atoms with Crippen LogP contribution in [0.1, 0.15) is 17.7 Å². The van der Waals surface area contributed by atoms with Gasteiger partial charge in [0, 0.05) is 18.0 Å². The number of thiophene rings is 1. The molecule has 2 rings (SSSR count). The first-order valence-corrected chi connectivity index (χ1v) is 7.68. The summed E-state index contributed by atoms with van der Waals surface area (Å²) < 4.78 is 6.76. The number of nitrogens with one attached hydrogen (secondary N) is 1. The summed E-state index contributed by atoms with van der Waals surface area (Å²) in [7, 11) is 2.12. The van der Waals surface area contributed by atoms with E-state index in [-0.39, 0.29) is 0 Å². The Balaban J connectivity index is 1.60. The Morgan fingerprint density at radius 2 is 2.22 bits per heavy atom. The van der Waals surface area contributed by atoms with Crippen LogP contribution in [0.25, 0.3) is 0 Å². The van der Waals surface area contributed by atoms with Crippen LogP contribution in [-0.2, 0) is 11.3 Å². The summed E-state index contributed by atoms with van der Waals surface area (Å²) in [5.74, 6) is 0. The minimum atomic E-state index is 0.454. The third kappa shape index (κ3) is 4.86. The van der Waals surface area contributed by atoms with E-state index < -0.39 is 0 Å². The van der Waals surface area contributed by atoms with Crippen molar-refractivity contribution in [2.75, 3.05) is 33.3 Å². The second-order valence-corrected chi connectivity index (χ2v) is 6.56. The van der Waals surface area contributed by atoms with E-state index in [4.69, 9.17) is 16.3 Å². The van der Waals surface area contributed by atoms with Crippen LogP contribution in [0.15, 0.2) is 12.1 Å². The molecule has 102 valence electrons. The molecule has 3 nitrogen and oxygen atoms in total. The van der Waals surface area contributed by atoms with Crippen molar-refractivity contribution in [1.29, 1.82) is 0 Å². The first-order valence-electron chi connectivity index (χ1n) is 6.49. The Labute approximate surface area is 118 Å². The van der Waals surface area contributed by atoms with Crippen molar-refractivity contribution in [2.24, 2.45) is 0 Å². The molecule has 0 bridgehead atoms. The van der Waals surface area contributed by atoms with Crippen molar-refractivity contribution in [3.63, 3.8) is 0 Å². The molecule has 0 atom stereocenters. The molecule has 1 N–H and O–H groups in total. The molecule has 0 unspecified atom stereocenters. The van der Waals surface area contributed by atoms with E-state index in [1.165, 1.54) is 4.88 Å². The van der Waals surface area contributed by atoms with Crippen LogP contribution < -0.4 is 5.32 Å². The summed E-state index contributed by atoms with van der Waals surface area (Å²) >= 11 is 7.57. The molecule has 0 aromatic carbocycles. The average molecular weight is 289 g/mol. The van der Waals surface area contributed by atoms with Gasteiger partial charge in [-0.3, -0.25) is 4.90 Å². The molecule has 18 heavy (non-hydrogen) atoms. The highest BCUT2D eigenvalue weighted by molar-refractivity contribution is 7.16. The van der Waals surface area contributed by atoms with Gasteiger partial charge in [-0.25, -0.2) is 0 Å². The van der Waals surface area contributed by atoms with Crippen LogP contribution in [0, 0.1) is 0 Å². The van der Waals surface area contributed by atoms with Crippen molar-refractivity contribution >= 4 is 22.9 Å². The van der Waals surface area contributed by atoms with E-state index >= 15 is 0 Å². The zero-order chi connectivity index (χ0) is 12.8. The largest absolute Gasteiger partial charge is 0.377 e. The fourth-order valence-electron chi connectivity index (χ4n) is 2.12. The topological polar surface area (TPSA) is 24.5 Å². The lowest BCUT2D eigenvalue weighted by Crippen LogP contribution is -2.34. The number of piperidine rings is 1. The van der Waals surface area contributed by atoms with Crippen LogP contribution >= 0.6 is 22.9 Å². The van der Waals surface area contributed by atoms with Gasteiger partial charge >= 0.3 is 0 Å². The summed E-state index contributed by atoms with van der Waals surface area (Å²) in [6.07, 6.45) is 2.74. The third-order valence-corrected chi connectivity index (χ3v) is 4.38. The van der Waals surface area contributed by atoms with Crippen molar-refractivity contribution in [2.45, 2.75) is 25.5 Å². The smallest absolute Gasteiger partial charge is 0.0931 e. The van der Waals surface area contributed by atoms with Gasteiger partial charge in [0.2, 0.25) is 0 Å². The number of hydrogen-bond donors (Lipinski definition) is 1. The van der Waals surface area contributed by atoms with Crippen LogP contribution in [0.2, 0.25) is 4.34 Å². The Kier molecular flexibility index (Phi) is 5.92.